The fraction of sp³-hybridized carbons (Fsp3) is 0.222. The minimum absolute atomic E-state index is 0.0816. The lowest BCUT2D eigenvalue weighted by atomic mass is 10.2. The first-order valence-corrected chi connectivity index (χ1v) is 12.3. The number of unbranched alkanes of at least 4 members (excludes halogenated alkanes) is 1. The molecule has 0 aliphatic heterocycles. The summed E-state index contributed by atoms with van der Waals surface area (Å²) >= 11 is 1.38. The molecular formula is C27H28N2O5S. The second-order valence-corrected chi connectivity index (χ2v) is 8.63. The Morgan fingerprint density at radius 2 is 1.43 bits per heavy atom. The summed E-state index contributed by atoms with van der Waals surface area (Å²) in [6.45, 7) is 2.35. The van der Waals surface area contributed by atoms with Gasteiger partial charge in [0.05, 0.1) is 17.9 Å². The molecule has 0 heterocycles. The summed E-state index contributed by atoms with van der Waals surface area (Å²) in [6, 6.07) is 23.0. The summed E-state index contributed by atoms with van der Waals surface area (Å²) in [4.78, 5) is 37.2. The zero-order chi connectivity index (χ0) is 24.9. The number of amides is 2. The number of anilines is 2. The van der Waals surface area contributed by atoms with Gasteiger partial charge in [-0.2, -0.15) is 0 Å². The molecule has 0 unspecified atom stereocenters. The number of rotatable bonds is 12. The van der Waals surface area contributed by atoms with Crippen molar-refractivity contribution >= 4 is 40.9 Å². The lowest BCUT2D eigenvalue weighted by Crippen LogP contribution is -2.20. The summed E-state index contributed by atoms with van der Waals surface area (Å²) in [5.74, 6) is 0.0682. The van der Waals surface area contributed by atoms with Crippen LogP contribution in [0.5, 0.6) is 5.75 Å². The molecule has 8 heteroatoms. The number of esters is 1. The van der Waals surface area contributed by atoms with Crippen molar-refractivity contribution in [3.63, 3.8) is 0 Å². The predicted octanol–water partition coefficient (Wildman–Crippen LogP) is 5.39. The van der Waals surface area contributed by atoms with Gasteiger partial charge in [0, 0.05) is 16.3 Å². The summed E-state index contributed by atoms with van der Waals surface area (Å²) in [5, 5.41) is 5.59. The van der Waals surface area contributed by atoms with Crippen LogP contribution in [0.2, 0.25) is 0 Å². The summed E-state index contributed by atoms with van der Waals surface area (Å²) in [6.07, 6.45) is 1.79. The molecule has 2 N–H and O–H groups in total. The van der Waals surface area contributed by atoms with Gasteiger partial charge in [0.25, 0.3) is 5.91 Å². The highest BCUT2D eigenvalue weighted by Gasteiger charge is 2.09. The largest absolute Gasteiger partial charge is 0.484 e. The van der Waals surface area contributed by atoms with Gasteiger partial charge < -0.3 is 20.1 Å². The van der Waals surface area contributed by atoms with Crippen LogP contribution >= 0.6 is 11.8 Å². The van der Waals surface area contributed by atoms with Gasteiger partial charge in [-0.05, 0) is 67.1 Å². The van der Waals surface area contributed by atoms with Gasteiger partial charge in [0.15, 0.2) is 6.61 Å². The van der Waals surface area contributed by atoms with E-state index in [-0.39, 0.29) is 30.1 Å². The highest BCUT2D eigenvalue weighted by molar-refractivity contribution is 8.00. The number of nitrogens with one attached hydrogen (secondary N) is 2. The Bertz CT molecular complexity index is 1100. The molecule has 0 atom stereocenters. The van der Waals surface area contributed by atoms with Crippen LogP contribution in [0.15, 0.2) is 83.8 Å². The quantitative estimate of drug-likeness (QED) is 0.200. The monoisotopic (exact) mass is 492 g/mol. The molecule has 35 heavy (non-hydrogen) atoms. The van der Waals surface area contributed by atoms with E-state index < -0.39 is 0 Å². The minimum atomic E-state index is -0.366. The first-order chi connectivity index (χ1) is 17.0. The fourth-order valence-electron chi connectivity index (χ4n) is 2.93. The number of thioether (sulfide) groups is 1. The molecule has 2 amide bonds. The van der Waals surface area contributed by atoms with Gasteiger partial charge in [0.2, 0.25) is 5.91 Å². The second-order valence-electron chi connectivity index (χ2n) is 7.58. The minimum Gasteiger partial charge on any atom is -0.484 e. The van der Waals surface area contributed by atoms with Crippen molar-refractivity contribution in [1.82, 2.24) is 0 Å². The van der Waals surface area contributed by atoms with E-state index in [9.17, 15) is 14.4 Å². The molecule has 3 rings (SSSR count). The molecular weight excluding hydrogens is 464 g/mol. The average Bonchev–Trinajstić information content (AvgIpc) is 2.88. The zero-order valence-electron chi connectivity index (χ0n) is 19.5. The van der Waals surface area contributed by atoms with Gasteiger partial charge in [-0.1, -0.05) is 31.5 Å². The molecule has 0 aromatic heterocycles. The van der Waals surface area contributed by atoms with Crippen LogP contribution in [0.1, 0.15) is 30.1 Å². The molecule has 0 fully saturated rings. The lowest BCUT2D eigenvalue weighted by Gasteiger charge is -2.09. The fourth-order valence-corrected chi connectivity index (χ4v) is 3.62. The van der Waals surface area contributed by atoms with Crippen molar-refractivity contribution in [1.29, 1.82) is 0 Å². The Morgan fingerprint density at radius 1 is 0.800 bits per heavy atom. The molecule has 0 bridgehead atoms. The normalized spacial score (nSPS) is 10.3. The number of para-hydroxylation sites is 1. The second kappa shape index (κ2) is 13.8. The predicted molar refractivity (Wildman–Crippen MR) is 138 cm³/mol. The summed E-state index contributed by atoms with van der Waals surface area (Å²) in [5.41, 5.74) is 1.71. The Kier molecular flexibility index (Phi) is 10.2. The lowest BCUT2D eigenvalue weighted by molar-refractivity contribution is -0.118. The van der Waals surface area contributed by atoms with Crippen LogP contribution in [-0.4, -0.2) is 36.8 Å². The topological polar surface area (TPSA) is 93.7 Å². The molecule has 0 spiro atoms. The van der Waals surface area contributed by atoms with E-state index >= 15 is 0 Å². The highest BCUT2D eigenvalue weighted by Crippen LogP contribution is 2.21. The van der Waals surface area contributed by atoms with E-state index in [1.165, 1.54) is 11.8 Å². The maximum absolute atomic E-state index is 12.3. The van der Waals surface area contributed by atoms with Crippen LogP contribution in [0.3, 0.4) is 0 Å². The van der Waals surface area contributed by atoms with Crippen LogP contribution < -0.4 is 15.4 Å². The number of hydrogen-bond acceptors (Lipinski definition) is 6. The Labute approximate surface area is 209 Å². The Morgan fingerprint density at radius 3 is 2.09 bits per heavy atom. The number of carbonyl (C=O) groups excluding carboxylic acids is 3. The molecule has 182 valence electrons. The van der Waals surface area contributed by atoms with Gasteiger partial charge in [-0.25, -0.2) is 4.79 Å². The SMILES string of the molecule is CCCCOC(=O)c1ccc(NC(=O)CSc2ccc(NC(=O)COc3ccccc3)cc2)cc1. The molecule has 3 aromatic rings. The van der Waals surface area contributed by atoms with Gasteiger partial charge >= 0.3 is 5.97 Å². The standard InChI is InChI=1S/C27H28N2O5S/c1-2-3-17-33-27(32)20-9-11-21(12-10-20)29-26(31)19-35-24-15-13-22(14-16-24)28-25(30)18-34-23-7-5-4-6-8-23/h4-16H,2-3,17-19H2,1H3,(H,28,30)(H,29,31). The maximum atomic E-state index is 12.3. The van der Waals surface area contributed by atoms with Crippen molar-refractivity contribution in [3.05, 3.63) is 84.4 Å². The first kappa shape index (κ1) is 25.8. The number of carbonyl (C=O) groups is 3. The number of hydrogen-bond donors (Lipinski definition) is 2. The third-order valence-electron chi connectivity index (χ3n) is 4.76. The van der Waals surface area contributed by atoms with Crippen molar-refractivity contribution in [2.24, 2.45) is 0 Å². The van der Waals surface area contributed by atoms with Gasteiger partial charge in [-0.3, -0.25) is 9.59 Å². The van der Waals surface area contributed by atoms with Gasteiger partial charge in [-0.15, -0.1) is 11.8 Å². The van der Waals surface area contributed by atoms with Crippen LogP contribution in [0.25, 0.3) is 0 Å². The third-order valence-corrected chi connectivity index (χ3v) is 5.77. The van der Waals surface area contributed by atoms with Crippen molar-refractivity contribution < 1.29 is 23.9 Å². The Balaban J connectivity index is 1.39. The Hall–Kier alpha value is -3.78. The first-order valence-electron chi connectivity index (χ1n) is 11.3. The summed E-state index contributed by atoms with van der Waals surface area (Å²) < 4.78 is 10.6. The zero-order valence-corrected chi connectivity index (χ0v) is 20.3. The number of ether oxygens (including phenoxy) is 2. The molecule has 0 aliphatic carbocycles. The van der Waals surface area contributed by atoms with Crippen LogP contribution in [0.4, 0.5) is 11.4 Å². The molecule has 0 saturated carbocycles. The molecule has 0 aliphatic rings. The van der Waals surface area contributed by atoms with Crippen molar-refractivity contribution in [3.8, 4) is 5.75 Å². The highest BCUT2D eigenvalue weighted by atomic mass is 32.2. The van der Waals surface area contributed by atoms with E-state index in [1.807, 2.05) is 37.3 Å². The van der Waals surface area contributed by atoms with E-state index in [0.29, 0.717) is 29.3 Å². The summed E-state index contributed by atoms with van der Waals surface area (Å²) in [7, 11) is 0. The van der Waals surface area contributed by atoms with E-state index in [2.05, 4.69) is 10.6 Å². The van der Waals surface area contributed by atoms with E-state index in [1.54, 1.807) is 48.5 Å². The smallest absolute Gasteiger partial charge is 0.338 e. The molecule has 7 nitrogen and oxygen atoms in total. The van der Waals surface area contributed by atoms with Gasteiger partial charge in [0.1, 0.15) is 5.75 Å². The number of benzene rings is 3. The third kappa shape index (κ3) is 9.17. The van der Waals surface area contributed by atoms with E-state index in [0.717, 1.165) is 17.7 Å². The van der Waals surface area contributed by atoms with E-state index in [4.69, 9.17) is 9.47 Å². The van der Waals surface area contributed by atoms with Crippen molar-refractivity contribution in [2.45, 2.75) is 24.7 Å². The molecule has 0 radical (unpaired) electrons. The molecule has 0 saturated heterocycles. The average molecular weight is 493 g/mol. The van der Waals surface area contributed by atoms with Crippen LogP contribution in [-0.2, 0) is 14.3 Å². The van der Waals surface area contributed by atoms with Crippen LogP contribution in [0, 0.1) is 0 Å². The van der Waals surface area contributed by atoms with Crippen molar-refractivity contribution in [2.75, 3.05) is 29.6 Å². The molecule has 3 aromatic carbocycles. The maximum Gasteiger partial charge on any atom is 0.338 e.